The zero-order chi connectivity index (χ0) is 20.1. The van der Waals surface area contributed by atoms with E-state index >= 15 is 0 Å². The van der Waals surface area contributed by atoms with Crippen molar-refractivity contribution in [2.24, 2.45) is 18.9 Å². The number of imidazole rings is 1. The van der Waals surface area contributed by atoms with Crippen LogP contribution < -0.4 is 0 Å². The number of rotatable bonds is 3. The molecule has 0 bridgehead atoms. The average Bonchev–Trinajstić information content (AvgIpc) is 3.39. The van der Waals surface area contributed by atoms with E-state index in [0.29, 0.717) is 11.8 Å². The van der Waals surface area contributed by atoms with Crippen molar-refractivity contribution in [3.8, 4) is 6.07 Å². The van der Waals surface area contributed by atoms with Crippen molar-refractivity contribution in [3.05, 3.63) is 53.6 Å². The zero-order valence-corrected chi connectivity index (χ0v) is 17.0. The predicted octanol–water partition coefficient (Wildman–Crippen LogP) is 3.00. The van der Waals surface area contributed by atoms with Gasteiger partial charge < -0.3 is 14.2 Å². The summed E-state index contributed by atoms with van der Waals surface area (Å²) in [6.07, 6.45) is 3.38. The molecular formula is C23H27N5O. The van der Waals surface area contributed by atoms with E-state index in [-0.39, 0.29) is 12.1 Å². The lowest BCUT2D eigenvalue weighted by Crippen LogP contribution is -2.36. The third kappa shape index (κ3) is 3.06. The van der Waals surface area contributed by atoms with Crippen molar-refractivity contribution in [2.75, 3.05) is 13.1 Å². The van der Waals surface area contributed by atoms with Gasteiger partial charge in [0.15, 0.2) is 0 Å². The average molecular weight is 390 g/mol. The van der Waals surface area contributed by atoms with Gasteiger partial charge in [0.05, 0.1) is 29.5 Å². The Bertz CT molecular complexity index is 1090. The van der Waals surface area contributed by atoms with Crippen LogP contribution in [0.5, 0.6) is 0 Å². The van der Waals surface area contributed by atoms with Crippen LogP contribution in [0, 0.1) is 30.1 Å². The highest BCUT2D eigenvalue weighted by molar-refractivity contribution is 5.75. The maximum absolute atomic E-state index is 10.9. The summed E-state index contributed by atoms with van der Waals surface area (Å²) in [6, 6.07) is 12.5. The molecule has 3 aromatic rings. The second-order valence-corrected chi connectivity index (χ2v) is 8.77. The molecule has 0 radical (unpaired) electrons. The molecule has 150 valence electrons. The molecule has 2 fully saturated rings. The quantitative estimate of drug-likeness (QED) is 0.748. The first-order valence-electron chi connectivity index (χ1n) is 10.4. The molecular weight excluding hydrogens is 362 g/mol. The number of aromatic nitrogens is 3. The van der Waals surface area contributed by atoms with Crippen molar-refractivity contribution in [1.82, 2.24) is 19.0 Å². The molecule has 4 atom stereocenters. The molecule has 1 aliphatic carbocycles. The van der Waals surface area contributed by atoms with Gasteiger partial charge in [-0.3, -0.25) is 4.90 Å². The number of para-hydroxylation sites is 2. The van der Waals surface area contributed by atoms with E-state index in [1.54, 1.807) is 0 Å². The van der Waals surface area contributed by atoms with Gasteiger partial charge in [0.25, 0.3) is 0 Å². The zero-order valence-electron chi connectivity index (χ0n) is 17.0. The van der Waals surface area contributed by atoms with Crippen molar-refractivity contribution in [2.45, 2.75) is 38.5 Å². The molecule has 3 heterocycles. The van der Waals surface area contributed by atoms with E-state index in [9.17, 15) is 10.4 Å². The number of hydrogen-bond donors (Lipinski definition) is 1. The summed E-state index contributed by atoms with van der Waals surface area (Å²) >= 11 is 0. The van der Waals surface area contributed by atoms with Crippen LogP contribution >= 0.6 is 0 Å². The first-order valence-corrected chi connectivity index (χ1v) is 10.4. The molecule has 6 nitrogen and oxygen atoms in total. The number of benzene rings is 1. The second kappa shape index (κ2) is 7.01. The summed E-state index contributed by atoms with van der Waals surface area (Å²) in [7, 11) is 1.96. The molecule has 0 unspecified atom stereocenters. The first kappa shape index (κ1) is 18.4. The fourth-order valence-electron chi connectivity index (χ4n) is 5.45. The lowest BCUT2D eigenvalue weighted by Gasteiger charge is -2.36. The maximum atomic E-state index is 10.9. The van der Waals surface area contributed by atoms with Gasteiger partial charge in [0, 0.05) is 32.4 Å². The van der Waals surface area contributed by atoms with E-state index in [1.165, 1.54) is 11.3 Å². The number of nitrogens with zero attached hydrogens (tertiary/aromatic N) is 5. The van der Waals surface area contributed by atoms with E-state index in [2.05, 4.69) is 33.5 Å². The van der Waals surface area contributed by atoms with E-state index < -0.39 is 0 Å². The third-order valence-corrected chi connectivity index (χ3v) is 7.17. The van der Waals surface area contributed by atoms with Gasteiger partial charge in [-0.05, 0) is 55.4 Å². The number of aliphatic hydroxyl groups excluding tert-OH is 1. The van der Waals surface area contributed by atoms with Gasteiger partial charge in [-0.1, -0.05) is 12.1 Å². The number of aliphatic hydroxyl groups is 1. The number of fused-ring (bicyclic) bond motifs is 2. The van der Waals surface area contributed by atoms with Gasteiger partial charge in [0.2, 0.25) is 0 Å². The highest BCUT2D eigenvalue weighted by atomic mass is 16.3. The second-order valence-electron chi connectivity index (χ2n) is 8.77. The summed E-state index contributed by atoms with van der Waals surface area (Å²) in [4.78, 5) is 7.03. The summed E-state index contributed by atoms with van der Waals surface area (Å²) in [5.74, 6) is 1.12. The van der Waals surface area contributed by atoms with Gasteiger partial charge >= 0.3 is 0 Å². The Kier molecular flexibility index (Phi) is 4.45. The van der Waals surface area contributed by atoms with Gasteiger partial charge in [-0.2, -0.15) is 5.26 Å². The molecule has 6 heteroatoms. The van der Waals surface area contributed by atoms with Crippen LogP contribution in [0.1, 0.15) is 35.8 Å². The van der Waals surface area contributed by atoms with Crippen molar-refractivity contribution < 1.29 is 5.11 Å². The molecule has 2 aromatic heterocycles. The van der Waals surface area contributed by atoms with Gasteiger partial charge in [-0.25, -0.2) is 4.98 Å². The largest absolute Gasteiger partial charge is 0.391 e. The number of nitriles is 1. The van der Waals surface area contributed by atoms with Crippen molar-refractivity contribution in [1.29, 1.82) is 5.26 Å². The normalized spacial score (nSPS) is 27.2. The van der Waals surface area contributed by atoms with Crippen LogP contribution in [0.4, 0.5) is 0 Å². The topological polar surface area (TPSA) is 70.0 Å². The van der Waals surface area contributed by atoms with Crippen molar-refractivity contribution in [3.63, 3.8) is 0 Å². The van der Waals surface area contributed by atoms with Crippen LogP contribution in [-0.2, 0) is 13.6 Å². The Morgan fingerprint density at radius 3 is 2.72 bits per heavy atom. The third-order valence-electron chi connectivity index (χ3n) is 7.17. The number of hydrogen-bond acceptors (Lipinski definition) is 4. The molecule has 1 saturated carbocycles. The fraction of sp³-hybridized carbons (Fsp3) is 0.478. The molecule has 0 amide bonds. The minimum Gasteiger partial charge on any atom is -0.391 e. The van der Waals surface area contributed by atoms with Gasteiger partial charge in [-0.15, -0.1) is 0 Å². The molecule has 2 aliphatic rings. The smallest absolute Gasteiger partial charge is 0.120 e. The van der Waals surface area contributed by atoms with Crippen LogP contribution in [0.15, 0.2) is 36.7 Å². The monoisotopic (exact) mass is 389 g/mol. The van der Waals surface area contributed by atoms with Crippen LogP contribution in [0.3, 0.4) is 0 Å². The SMILES string of the molecule is Cc1c(CN2C[C@H]3C[C@@H](n4cnc5ccccc54)[C@H](O)C[C@H]3C2)cc(C#N)n1C. The van der Waals surface area contributed by atoms with Crippen LogP contribution in [-0.4, -0.2) is 43.3 Å². The van der Waals surface area contributed by atoms with E-state index in [4.69, 9.17) is 0 Å². The molecule has 29 heavy (non-hydrogen) atoms. The van der Waals surface area contributed by atoms with Gasteiger partial charge in [0.1, 0.15) is 11.8 Å². The molecule has 5 rings (SSSR count). The minimum absolute atomic E-state index is 0.0900. The summed E-state index contributed by atoms with van der Waals surface area (Å²) < 4.78 is 4.15. The Labute approximate surface area is 171 Å². The Balaban J connectivity index is 1.33. The Hall–Kier alpha value is -2.62. The Morgan fingerprint density at radius 1 is 1.21 bits per heavy atom. The van der Waals surface area contributed by atoms with Crippen molar-refractivity contribution >= 4 is 11.0 Å². The summed E-state index contributed by atoms with van der Waals surface area (Å²) in [6.45, 7) is 5.04. The van der Waals surface area contributed by atoms with Crippen LogP contribution in [0.25, 0.3) is 11.0 Å². The predicted molar refractivity (Wildman–Crippen MR) is 111 cm³/mol. The highest BCUT2D eigenvalue weighted by Crippen LogP contribution is 2.42. The fourth-order valence-corrected chi connectivity index (χ4v) is 5.45. The number of likely N-dealkylation sites (tertiary alicyclic amines) is 1. The molecule has 1 saturated heterocycles. The van der Waals surface area contributed by atoms with E-state index in [0.717, 1.165) is 49.2 Å². The maximum Gasteiger partial charge on any atom is 0.120 e. The van der Waals surface area contributed by atoms with Crippen LogP contribution in [0.2, 0.25) is 0 Å². The standard InChI is InChI=1S/C23H27N5O/c1-15-16(7-19(10-24)26(15)2)11-27-12-17-8-22(23(29)9-18(17)13-27)28-14-25-20-5-3-4-6-21(20)28/h3-7,14,17-18,22-23,29H,8-9,11-13H2,1-2H3/t17-,18+,22-,23-/m1/s1. The van der Waals surface area contributed by atoms with E-state index in [1.807, 2.05) is 42.2 Å². The lowest BCUT2D eigenvalue weighted by molar-refractivity contribution is 0.0374. The highest BCUT2D eigenvalue weighted by Gasteiger charge is 2.42. The molecule has 0 spiro atoms. The first-order chi connectivity index (χ1) is 14.0. The molecule has 1 N–H and O–H groups in total. The summed E-state index contributed by atoms with van der Waals surface area (Å²) in [5, 5.41) is 20.2. The minimum atomic E-state index is -0.336. The molecule has 1 aromatic carbocycles. The Morgan fingerprint density at radius 2 is 1.97 bits per heavy atom. The molecule has 1 aliphatic heterocycles. The summed E-state index contributed by atoms with van der Waals surface area (Å²) in [5.41, 5.74) is 5.22. The lowest BCUT2D eigenvalue weighted by atomic mass is 9.77.